The summed E-state index contributed by atoms with van der Waals surface area (Å²) in [7, 11) is 0. The van der Waals surface area contributed by atoms with E-state index in [9.17, 15) is 13.2 Å². The maximum Gasteiger partial charge on any atom is 0.264 e. The molecule has 1 fully saturated rings. The molecular formula is C15H14F3N3S. The fourth-order valence-electron chi connectivity index (χ4n) is 2.85. The van der Waals surface area contributed by atoms with Crippen molar-refractivity contribution in [3.8, 4) is 0 Å². The topological polar surface area (TPSA) is 30.7 Å². The van der Waals surface area contributed by atoms with Crippen molar-refractivity contribution in [1.29, 1.82) is 0 Å². The molecule has 0 N–H and O–H groups in total. The van der Waals surface area contributed by atoms with Crippen molar-refractivity contribution in [2.24, 2.45) is 0 Å². The Balaban J connectivity index is 1.64. The van der Waals surface area contributed by atoms with E-state index in [0.29, 0.717) is 0 Å². The molecule has 1 saturated carbocycles. The highest BCUT2D eigenvalue weighted by molar-refractivity contribution is 8.00. The number of hydrogen-bond donors (Lipinski definition) is 0. The van der Waals surface area contributed by atoms with Crippen molar-refractivity contribution in [1.82, 2.24) is 14.8 Å². The zero-order valence-corrected chi connectivity index (χ0v) is 12.7. The zero-order valence-electron chi connectivity index (χ0n) is 11.8. The van der Waals surface area contributed by atoms with E-state index in [1.54, 1.807) is 4.68 Å². The largest absolute Gasteiger partial charge is 0.264 e. The molecular weight excluding hydrogens is 311 g/mol. The van der Waals surface area contributed by atoms with Gasteiger partial charge in [0, 0.05) is 12.8 Å². The highest BCUT2D eigenvalue weighted by Crippen LogP contribution is 2.62. The maximum absolute atomic E-state index is 14.2. The summed E-state index contributed by atoms with van der Waals surface area (Å²) in [5, 5.41) is 4.52. The lowest BCUT2D eigenvalue weighted by Crippen LogP contribution is -2.10. The maximum atomic E-state index is 14.2. The third-order valence-electron chi connectivity index (χ3n) is 4.35. The van der Waals surface area contributed by atoms with Crippen molar-refractivity contribution in [3.63, 3.8) is 0 Å². The summed E-state index contributed by atoms with van der Waals surface area (Å²) in [4.78, 5) is 4.14. The van der Waals surface area contributed by atoms with E-state index in [-0.39, 0.29) is 29.9 Å². The highest BCUT2D eigenvalue weighted by atomic mass is 32.2. The lowest BCUT2D eigenvalue weighted by molar-refractivity contribution is 0.109. The van der Waals surface area contributed by atoms with Crippen LogP contribution in [0, 0.1) is 0 Å². The second-order valence-corrected chi connectivity index (χ2v) is 7.51. The molecule has 0 saturated heterocycles. The molecule has 0 radical (unpaired) electrons. The fraction of sp³-hybridized carbons (Fsp3) is 0.467. The summed E-state index contributed by atoms with van der Waals surface area (Å²) in [5.41, 5.74) is 0.952. The molecule has 3 nitrogen and oxygen atoms in total. The highest BCUT2D eigenvalue weighted by Gasteiger charge is 2.69. The van der Waals surface area contributed by atoms with Crippen LogP contribution in [0.2, 0.25) is 0 Å². The summed E-state index contributed by atoms with van der Waals surface area (Å²) < 4.78 is 41.2. The third kappa shape index (κ3) is 2.06. The van der Waals surface area contributed by atoms with Crippen LogP contribution in [0.1, 0.15) is 43.4 Å². The molecule has 4 rings (SSSR count). The van der Waals surface area contributed by atoms with Crippen LogP contribution in [0.25, 0.3) is 0 Å². The summed E-state index contributed by atoms with van der Waals surface area (Å²) in [6.07, 6.45) is -1.10. The van der Waals surface area contributed by atoms with Gasteiger partial charge < -0.3 is 0 Å². The number of nitrogens with zero attached hydrogens (tertiary/aromatic N) is 3. The van der Waals surface area contributed by atoms with Crippen LogP contribution in [0.15, 0.2) is 35.5 Å². The standard InChI is InChI=1S/C15H14F3N3S/c1-14(8-15(14,17)18)22-13-19-12-10(16)7-11(21(12)20-13)9-5-3-2-4-6-9/h2-6,10-11H,7-8H2,1H3/t10-,11-,14?/m0/s1. The molecule has 2 aromatic rings. The Morgan fingerprint density at radius 3 is 2.59 bits per heavy atom. The van der Waals surface area contributed by atoms with Crippen LogP contribution in [-0.2, 0) is 0 Å². The number of aromatic nitrogens is 3. The first-order chi connectivity index (χ1) is 10.4. The van der Waals surface area contributed by atoms with Crippen LogP contribution < -0.4 is 0 Å². The molecule has 3 atom stereocenters. The minimum Gasteiger partial charge on any atom is -0.239 e. The molecule has 1 aromatic carbocycles. The Labute approximate surface area is 129 Å². The molecule has 22 heavy (non-hydrogen) atoms. The lowest BCUT2D eigenvalue weighted by Gasteiger charge is -2.11. The van der Waals surface area contributed by atoms with Crippen molar-refractivity contribution in [2.75, 3.05) is 0 Å². The molecule has 1 unspecified atom stereocenters. The Hall–Kier alpha value is -1.50. The average Bonchev–Trinajstić information content (AvgIpc) is 2.81. The Kier molecular flexibility index (Phi) is 2.89. The predicted octanol–water partition coefficient (Wildman–Crippen LogP) is 4.17. The Morgan fingerprint density at radius 1 is 1.27 bits per heavy atom. The SMILES string of the molecule is CC1(Sc2nc3n(n2)[C@H](c2ccccc2)C[C@@H]3F)CC1(F)F. The third-order valence-corrected chi connectivity index (χ3v) is 5.60. The van der Waals surface area contributed by atoms with Gasteiger partial charge in [-0.05, 0) is 12.5 Å². The van der Waals surface area contributed by atoms with Gasteiger partial charge >= 0.3 is 0 Å². The molecule has 1 aliphatic carbocycles. The Morgan fingerprint density at radius 2 is 1.95 bits per heavy atom. The van der Waals surface area contributed by atoms with Gasteiger partial charge in [0.05, 0.1) is 10.8 Å². The fourth-order valence-corrected chi connectivity index (χ4v) is 3.92. The predicted molar refractivity (Wildman–Crippen MR) is 76.9 cm³/mol. The van der Waals surface area contributed by atoms with E-state index in [2.05, 4.69) is 10.1 Å². The van der Waals surface area contributed by atoms with Crippen LogP contribution in [0.5, 0.6) is 0 Å². The van der Waals surface area contributed by atoms with E-state index in [0.717, 1.165) is 17.3 Å². The van der Waals surface area contributed by atoms with Gasteiger partial charge in [0.25, 0.3) is 5.92 Å². The molecule has 2 aliphatic rings. The van der Waals surface area contributed by atoms with E-state index in [1.165, 1.54) is 6.92 Å². The molecule has 7 heteroatoms. The number of fused-ring (bicyclic) bond motifs is 1. The quantitative estimate of drug-likeness (QED) is 0.848. The monoisotopic (exact) mass is 325 g/mol. The smallest absolute Gasteiger partial charge is 0.239 e. The average molecular weight is 325 g/mol. The second-order valence-electron chi connectivity index (χ2n) is 6.04. The first kappa shape index (κ1) is 14.1. The lowest BCUT2D eigenvalue weighted by atomic mass is 10.0. The zero-order chi connectivity index (χ0) is 15.5. The first-order valence-electron chi connectivity index (χ1n) is 7.12. The van der Waals surface area contributed by atoms with Crippen LogP contribution in [0.4, 0.5) is 13.2 Å². The number of benzene rings is 1. The van der Waals surface area contributed by atoms with Crippen LogP contribution in [-0.4, -0.2) is 25.4 Å². The summed E-state index contributed by atoms with van der Waals surface area (Å²) in [6.45, 7) is 1.49. The van der Waals surface area contributed by atoms with Gasteiger partial charge in [-0.25, -0.2) is 22.8 Å². The molecule has 0 amide bonds. The van der Waals surface area contributed by atoms with Gasteiger partial charge in [0.2, 0.25) is 5.16 Å². The van der Waals surface area contributed by atoms with Gasteiger partial charge in [-0.3, -0.25) is 0 Å². The van der Waals surface area contributed by atoms with Gasteiger partial charge in [-0.2, -0.15) is 0 Å². The second kappa shape index (κ2) is 4.50. The molecule has 1 aliphatic heterocycles. The Bertz CT molecular complexity index is 718. The van der Waals surface area contributed by atoms with Crippen molar-refractivity contribution in [3.05, 3.63) is 41.7 Å². The van der Waals surface area contributed by atoms with Gasteiger partial charge in [-0.15, -0.1) is 5.10 Å². The number of alkyl halides is 3. The van der Waals surface area contributed by atoms with Gasteiger partial charge in [-0.1, -0.05) is 42.1 Å². The van der Waals surface area contributed by atoms with E-state index in [4.69, 9.17) is 0 Å². The van der Waals surface area contributed by atoms with Crippen molar-refractivity contribution in [2.45, 2.75) is 47.8 Å². The van der Waals surface area contributed by atoms with E-state index < -0.39 is 16.8 Å². The summed E-state index contributed by atoms with van der Waals surface area (Å²) in [6, 6.07) is 9.28. The molecule has 1 aromatic heterocycles. The van der Waals surface area contributed by atoms with Crippen LogP contribution >= 0.6 is 11.8 Å². The number of halogens is 3. The normalized spacial score (nSPS) is 32.0. The molecule has 0 spiro atoms. The van der Waals surface area contributed by atoms with E-state index >= 15 is 0 Å². The number of thioether (sulfide) groups is 1. The number of hydrogen-bond acceptors (Lipinski definition) is 3. The first-order valence-corrected chi connectivity index (χ1v) is 7.94. The molecule has 2 heterocycles. The van der Waals surface area contributed by atoms with Gasteiger partial charge in [0.15, 0.2) is 12.0 Å². The summed E-state index contributed by atoms with van der Waals surface area (Å²) >= 11 is 0.943. The van der Waals surface area contributed by atoms with Crippen molar-refractivity contribution < 1.29 is 13.2 Å². The summed E-state index contributed by atoms with van der Waals surface area (Å²) in [5.74, 6) is -2.45. The van der Waals surface area contributed by atoms with Crippen molar-refractivity contribution >= 4 is 11.8 Å². The minimum absolute atomic E-state index is 0.185. The van der Waals surface area contributed by atoms with Crippen LogP contribution in [0.3, 0.4) is 0 Å². The van der Waals surface area contributed by atoms with Gasteiger partial charge in [0.1, 0.15) is 0 Å². The number of rotatable bonds is 3. The van der Waals surface area contributed by atoms with E-state index in [1.807, 2.05) is 30.3 Å². The molecule has 0 bridgehead atoms. The molecule has 116 valence electrons. The minimum atomic E-state index is -2.69.